The molecule has 0 fully saturated rings. The molecule has 0 bridgehead atoms. The van der Waals surface area contributed by atoms with E-state index in [1.807, 2.05) is 0 Å². The Hall–Kier alpha value is -0.0800. The van der Waals surface area contributed by atoms with Crippen molar-refractivity contribution < 1.29 is 0 Å². The van der Waals surface area contributed by atoms with Crippen molar-refractivity contribution in [2.45, 2.75) is 67.0 Å². The molecule has 2 N–H and O–H groups in total. The molecule has 0 unspecified atom stereocenters. The Morgan fingerprint density at radius 1 is 1.00 bits per heavy atom. The predicted molar refractivity (Wildman–Crippen MR) is 73.6 cm³/mol. The standard InChI is InChI=1S/C14H32N2/c1-11(2)9-16(12(3)4)10-13(5,6)14(7,8)15/h11-12H,9-10,15H2,1-8H3. The number of hydrogen-bond donors (Lipinski definition) is 1. The molecule has 0 saturated heterocycles. The summed E-state index contributed by atoms with van der Waals surface area (Å²) in [6.45, 7) is 20.1. The van der Waals surface area contributed by atoms with Crippen LogP contribution in [0.2, 0.25) is 0 Å². The van der Waals surface area contributed by atoms with Gasteiger partial charge in [-0.25, -0.2) is 0 Å². The van der Waals surface area contributed by atoms with Crippen LogP contribution in [0, 0.1) is 11.3 Å². The summed E-state index contributed by atoms with van der Waals surface area (Å²) >= 11 is 0. The van der Waals surface area contributed by atoms with Crippen molar-refractivity contribution in [3.63, 3.8) is 0 Å². The van der Waals surface area contributed by atoms with E-state index < -0.39 is 0 Å². The molecule has 0 aliphatic rings. The molecule has 0 aliphatic heterocycles. The normalized spacial score (nSPS) is 14.2. The van der Waals surface area contributed by atoms with Crippen LogP contribution in [0.4, 0.5) is 0 Å². The highest BCUT2D eigenvalue weighted by Crippen LogP contribution is 2.30. The fraction of sp³-hybridized carbons (Fsp3) is 1.00. The van der Waals surface area contributed by atoms with E-state index in [0.717, 1.165) is 13.1 Å². The van der Waals surface area contributed by atoms with Gasteiger partial charge in [-0.05, 0) is 39.0 Å². The van der Waals surface area contributed by atoms with Crippen LogP contribution in [0.3, 0.4) is 0 Å². The van der Waals surface area contributed by atoms with E-state index in [0.29, 0.717) is 12.0 Å². The van der Waals surface area contributed by atoms with Crippen molar-refractivity contribution in [3.05, 3.63) is 0 Å². The lowest BCUT2D eigenvalue weighted by Crippen LogP contribution is -2.54. The first-order chi connectivity index (χ1) is 6.97. The van der Waals surface area contributed by atoms with Crippen LogP contribution >= 0.6 is 0 Å². The summed E-state index contributed by atoms with van der Waals surface area (Å²) in [6.07, 6.45) is 0. The molecular weight excluding hydrogens is 196 g/mol. The Balaban J connectivity index is 4.63. The van der Waals surface area contributed by atoms with Gasteiger partial charge in [0.05, 0.1) is 0 Å². The van der Waals surface area contributed by atoms with E-state index in [4.69, 9.17) is 5.73 Å². The lowest BCUT2D eigenvalue weighted by atomic mass is 9.74. The zero-order valence-corrected chi connectivity index (χ0v) is 12.6. The minimum atomic E-state index is -0.142. The third kappa shape index (κ3) is 4.84. The number of nitrogens with zero attached hydrogens (tertiary/aromatic N) is 1. The lowest BCUT2D eigenvalue weighted by Gasteiger charge is -2.44. The second-order valence-corrected chi connectivity index (χ2v) is 7.02. The number of hydrogen-bond acceptors (Lipinski definition) is 2. The maximum Gasteiger partial charge on any atom is 0.0161 e. The van der Waals surface area contributed by atoms with Crippen molar-refractivity contribution in [2.75, 3.05) is 13.1 Å². The molecule has 0 aliphatic carbocycles. The van der Waals surface area contributed by atoms with E-state index in [9.17, 15) is 0 Å². The molecule has 2 nitrogen and oxygen atoms in total. The minimum absolute atomic E-state index is 0.131. The largest absolute Gasteiger partial charge is 0.325 e. The van der Waals surface area contributed by atoms with Crippen molar-refractivity contribution in [1.82, 2.24) is 4.90 Å². The van der Waals surface area contributed by atoms with Crippen molar-refractivity contribution in [1.29, 1.82) is 0 Å². The van der Waals surface area contributed by atoms with Gasteiger partial charge in [0.25, 0.3) is 0 Å². The Kier molecular flexibility index (Phi) is 5.48. The third-order valence-electron chi connectivity index (χ3n) is 3.67. The molecule has 16 heavy (non-hydrogen) atoms. The van der Waals surface area contributed by atoms with E-state index in [2.05, 4.69) is 60.3 Å². The zero-order chi connectivity index (χ0) is 13.1. The number of nitrogens with two attached hydrogens (primary N) is 1. The molecule has 0 heterocycles. The Morgan fingerprint density at radius 2 is 1.44 bits per heavy atom. The fourth-order valence-electron chi connectivity index (χ4n) is 1.64. The summed E-state index contributed by atoms with van der Waals surface area (Å²) in [5.41, 5.74) is 6.26. The molecule has 2 heteroatoms. The van der Waals surface area contributed by atoms with Gasteiger partial charge < -0.3 is 10.6 Å². The minimum Gasteiger partial charge on any atom is -0.325 e. The first kappa shape index (κ1) is 15.9. The molecule has 0 atom stereocenters. The highest BCUT2D eigenvalue weighted by atomic mass is 15.2. The van der Waals surface area contributed by atoms with Crippen molar-refractivity contribution >= 4 is 0 Å². The second-order valence-electron chi connectivity index (χ2n) is 7.02. The molecule has 0 rings (SSSR count). The van der Waals surface area contributed by atoms with Crippen LogP contribution in [-0.4, -0.2) is 29.6 Å². The molecule has 0 aromatic rings. The molecule has 0 saturated carbocycles. The van der Waals surface area contributed by atoms with Crippen LogP contribution in [0.5, 0.6) is 0 Å². The van der Waals surface area contributed by atoms with Gasteiger partial charge in [0, 0.05) is 24.7 Å². The van der Waals surface area contributed by atoms with E-state index in [1.54, 1.807) is 0 Å². The molecule has 0 radical (unpaired) electrons. The predicted octanol–water partition coefficient (Wildman–Crippen LogP) is 3.12. The quantitative estimate of drug-likeness (QED) is 0.757. The maximum absolute atomic E-state index is 6.27. The van der Waals surface area contributed by atoms with Gasteiger partial charge in [0.1, 0.15) is 0 Å². The Bertz CT molecular complexity index is 199. The Labute approximate surface area is 103 Å². The Morgan fingerprint density at radius 3 is 1.69 bits per heavy atom. The molecule has 0 aromatic carbocycles. The topological polar surface area (TPSA) is 29.3 Å². The van der Waals surface area contributed by atoms with Gasteiger partial charge in [-0.3, -0.25) is 0 Å². The van der Waals surface area contributed by atoms with Gasteiger partial charge >= 0.3 is 0 Å². The molecule has 0 aromatic heterocycles. The molecule has 0 amide bonds. The smallest absolute Gasteiger partial charge is 0.0161 e. The summed E-state index contributed by atoms with van der Waals surface area (Å²) in [4.78, 5) is 2.54. The van der Waals surface area contributed by atoms with Crippen LogP contribution in [0.15, 0.2) is 0 Å². The van der Waals surface area contributed by atoms with Crippen LogP contribution in [0.25, 0.3) is 0 Å². The average molecular weight is 228 g/mol. The van der Waals surface area contributed by atoms with Crippen molar-refractivity contribution in [3.8, 4) is 0 Å². The first-order valence-electron chi connectivity index (χ1n) is 6.50. The highest BCUT2D eigenvalue weighted by Gasteiger charge is 2.35. The van der Waals surface area contributed by atoms with E-state index >= 15 is 0 Å². The van der Waals surface area contributed by atoms with Gasteiger partial charge in [-0.1, -0.05) is 27.7 Å². The summed E-state index contributed by atoms with van der Waals surface area (Å²) in [7, 11) is 0. The average Bonchev–Trinajstić information content (AvgIpc) is 1.98. The first-order valence-corrected chi connectivity index (χ1v) is 6.50. The van der Waals surface area contributed by atoms with Gasteiger partial charge in [0.15, 0.2) is 0 Å². The van der Waals surface area contributed by atoms with Gasteiger partial charge in [-0.2, -0.15) is 0 Å². The molecule has 0 spiro atoms. The maximum atomic E-state index is 6.27. The number of rotatable bonds is 6. The van der Waals surface area contributed by atoms with Gasteiger partial charge in [-0.15, -0.1) is 0 Å². The summed E-state index contributed by atoms with van der Waals surface area (Å²) in [6, 6.07) is 0.587. The van der Waals surface area contributed by atoms with Gasteiger partial charge in [0.2, 0.25) is 0 Å². The summed E-state index contributed by atoms with van der Waals surface area (Å²) in [5.74, 6) is 0.707. The molecular formula is C14H32N2. The monoisotopic (exact) mass is 228 g/mol. The second kappa shape index (κ2) is 5.50. The summed E-state index contributed by atoms with van der Waals surface area (Å²) < 4.78 is 0. The third-order valence-corrected chi connectivity index (χ3v) is 3.67. The lowest BCUT2D eigenvalue weighted by molar-refractivity contribution is 0.0838. The van der Waals surface area contributed by atoms with Crippen LogP contribution < -0.4 is 5.73 Å². The van der Waals surface area contributed by atoms with Crippen molar-refractivity contribution in [2.24, 2.45) is 17.1 Å². The summed E-state index contributed by atoms with van der Waals surface area (Å²) in [5, 5.41) is 0. The fourth-order valence-corrected chi connectivity index (χ4v) is 1.64. The van der Waals surface area contributed by atoms with Crippen LogP contribution in [-0.2, 0) is 0 Å². The zero-order valence-electron chi connectivity index (χ0n) is 12.6. The highest BCUT2D eigenvalue weighted by molar-refractivity contribution is 4.92. The molecule has 98 valence electrons. The van der Waals surface area contributed by atoms with E-state index in [1.165, 1.54) is 0 Å². The SMILES string of the molecule is CC(C)CN(CC(C)(C)C(C)(C)N)C(C)C. The van der Waals surface area contributed by atoms with Crippen LogP contribution in [0.1, 0.15) is 55.4 Å². The van der Waals surface area contributed by atoms with E-state index in [-0.39, 0.29) is 11.0 Å².